The number of hydrogen-bond donors (Lipinski definition) is 1. The lowest BCUT2D eigenvalue weighted by Crippen LogP contribution is -2.03. The van der Waals surface area contributed by atoms with Crippen LogP contribution in [-0.4, -0.2) is 16.9 Å². The van der Waals surface area contributed by atoms with Gasteiger partial charge in [-0.05, 0) is 31.8 Å². The molecule has 130 valence electrons. The zero-order valence-corrected chi connectivity index (χ0v) is 14.6. The van der Waals surface area contributed by atoms with Gasteiger partial charge in [0.15, 0.2) is 5.78 Å². The highest BCUT2D eigenvalue weighted by Gasteiger charge is 2.21. The summed E-state index contributed by atoms with van der Waals surface area (Å²) >= 11 is 0. The molecular weight excluding hydrogens is 288 g/mol. The first-order valence-electron chi connectivity index (χ1n) is 9.29. The van der Waals surface area contributed by atoms with Crippen molar-refractivity contribution < 1.29 is 14.7 Å². The number of hydrogen-bond acceptors (Lipinski definition) is 2. The Labute approximate surface area is 140 Å². The van der Waals surface area contributed by atoms with Gasteiger partial charge in [-0.3, -0.25) is 9.59 Å². The van der Waals surface area contributed by atoms with Gasteiger partial charge in [0.2, 0.25) is 0 Å². The summed E-state index contributed by atoms with van der Waals surface area (Å²) in [6.45, 7) is 2.23. The largest absolute Gasteiger partial charge is 0.481 e. The normalized spacial score (nSPS) is 18.9. The van der Waals surface area contributed by atoms with E-state index in [1.54, 1.807) is 6.08 Å². The lowest BCUT2D eigenvalue weighted by Gasteiger charge is -2.10. The van der Waals surface area contributed by atoms with Gasteiger partial charge in [0.05, 0.1) is 0 Å². The van der Waals surface area contributed by atoms with E-state index in [1.165, 1.54) is 38.5 Å². The molecule has 0 unspecified atom stereocenters. The Morgan fingerprint density at radius 2 is 1.78 bits per heavy atom. The summed E-state index contributed by atoms with van der Waals surface area (Å²) in [7, 11) is 0. The second kappa shape index (κ2) is 12.1. The molecule has 0 aromatic rings. The standard InChI is InChI=1S/C20H32O3/c1-2-3-4-5-6-9-12-17-15-16-19(21)18(17)13-10-7-8-11-14-20(22)23/h13,15-17H,2-12,14H2,1H3,(H,22,23)/t17-/m0/s1. The Morgan fingerprint density at radius 3 is 2.52 bits per heavy atom. The average molecular weight is 320 g/mol. The van der Waals surface area contributed by atoms with Crippen molar-refractivity contribution in [3.8, 4) is 0 Å². The van der Waals surface area contributed by atoms with Crippen LogP contribution in [0.15, 0.2) is 23.8 Å². The summed E-state index contributed by atoms with van der Waals surface area (Å²) in [5, 5.41) is 8.60. The summed E-state index contributed by atoms with van der Waals surface area (Å²) in [5.41, 5.74) is 0.969. The van der Waals surface area contributed by atoms with Crippen molar-refractivity contribution in [2.45, 2.75) is 84.0 Å². The van der Waals surface area contributed by atoms with Crippen molar-refractivity contribution in [2.24, 2.45) is 5.92 Å². The predicted octanol–water partition coefficient (Wildman–Crippen LogP) is 5.45. The summed E-state index contributed by atoms with van der Waals surface area (Å²) in [5.74, 6) is -0.239. The molecule has 0 saturated carbocycles. The fourth-order valence-corrected chi connectivity index (χ4v) is 3.09. The number of carboxylic acid groups (broad SMARTS) is 1. The Balaban J connectivity index is 2.22. The van der Waals surface area contributed by atoms with Crippen LogP contribution in [0.5, 0.6) is 0 Å². The van der Waals surface area contributed by atoms with Gasteiger partial charge >= 0.3 is 5.97 Å². The minimum atomic E-state index is -0.725. The first-order chi connectivity index (χ1) is 11.1. The molecule has 0 saturated heterocycles. The molecule has 1 N–H and O–H groups in total. The van der Waals surface area contributed by atoms with Gasteiger partial charge in [0, 0.05) is 17.9 Å². The quantitative estimate of drug-likeness (QED) is 0.362. The molecule has 1 aliphatic carbocycles. The van der Waals surface area contributed by atoms with Crippen molar-refractivity contribution in [3.63, 3.8) is 0 Å². The fourth-order valence-electron chi connectivity index (χ4n) is 3.09. The van der Waals surface area contributed by atoms with Gasteiger partial charge in [0.25, 0.3) is 0 Å². The molecule has 0 fully saturated rings. The zero-order chi connectivity index (χ0) is 16.9. The molecule has 0 bridgehead atoms. The van der Waals surface area contributed by atoms with Crippen LogP contribution in [0.4, 0.5) is 0 Å². The number of aliphatic carboxylic acids is 1. The van der Waals surface area contributed by atoms with E-state index in [9.17, 15) is 9.59 Å². The van der Waals surface area contributed by atoms with Gasteiger partial charge in [-0.25, -0.2) is 0 Å². The zero-order valence-electron chi connectivity index (χ0n) is 14.6. The number of carboxylic acids is 1. The van der Waals surface area contributed by atoms with Gasteiger partial charge in [-0.2, -0.15) is 0 Å². The maximum absolute atomic E-state index is 11.9. The number of carbonyl (C=O) groups excluding carboxylic acids is 1. The third-order valence-electron chi connectivity index (χ3n) is 4.49. The molecule has 0 aromatic heterocycles. The topological polar surface area (TPSA) is 54.4 Å². The molecule has 0 aromatic carbocycles. The highest BCUT2D eigenvalue weighted by atomic mass is 16.4. The van der Waals surface area contributed by atoms with E-state index in [0.29, 0.717) is 5.92 Å². The van der Waals surface area contributed by atoms with Crippen molar-refractivity contribution >= 4 is 11.8 Å². The predicted molar refractivity (Wildman–Crippen MR) is 94.4 cm³/mol. The SMILES string of the molecule is CCCCCCCC[C@H]1C=CC(=O)C1=CCCCCCC(=O)O. The van der Waals surface area contributed by atoms with E-state index < -0.39 is 5.97 Å². The molecule has 1 atom stereocenters. The summed E-state index contributed by atoms with van der Waals surface area (Å²) < 4.78 is 0. The molecular formula is C20H32O3. The summed E-state index contributed by atoms with van der Waals surface area (Å²) in [6.07, 6.45) is 18.4. The number of allylic oxidation sites excluding steroid dienone is 4. The Hall–Kier alpha value is -1.38. The molecule has 0 spiro atoms. The van der Waals surface area contributed by atoms with E-state index in [-0.39, 0.29) is 12.2 Å². The van der Waals surface area contributed by atoms with Crippen LogP contribution < -0.4 is 0 Å². The first kappa shape index (κ1) is 19.7. The molecule has 0 amide bonds. The lowest BCUT2D eigenvalue weighted by molar-refractivity contribution is -0.137. The van der Waals surface area contributed by atoms with E-state index in [4.69, 9.17) is 5.11 Å². The van der Waals surface area contributed by atoms with Crippen molar-refractivity contribution in [2.75, 3.05) is 0 Å². The third-order valence-corrected chi connectivity index (χ3v) is 4.49. The summed E-state index contributed by atoms with van der Waals surface area (Å²) in [4.78, 5) is 22.4. The van der Waals surface area contributed by atoms with Crippen LogP contribution in [0.25, 0.3) is 0 Å². The van der Waals surface area contributed by atoms with Crippen LogP contribution in [0.1, 0.15) is 84.0 Å². The first-order valence-corrected chi connectivity index (χ1v) is 9.29. The van der Waals surface area contributed by atoms with Gasteiger partial charge in [-0.15, -0.1) is 0 Å². The summed E-state index contributed by atoms with van der Waals surface area (Å²) in [6, 6.07) is 0. The molecule has 0 heterocycles. The van der Waals surface area contributed by atoms with Crippen LogP contribution in [0.3, 0.4) is 0 Å². The minimum absolute atomic E-state index is 0.173. The molecule has 0 aliphatic heterocycles. The molecule has 1 rings (SSSR count). The van der Waals surface area contributed by atoms with Crippen LogP contribution >= 0.6 is 0 Å². The molecule has 3 nitrogen and oxygen atoms in total. The maximum atomic E-state index is 11.9. The van der Waals surface area contributed by atoms with Crippen molar-refractivity contribution in [1.29, 1.82) is 0 Å². The van der Waals surface area contributed by atoms with Gasteiger partial charge in [-0.1, -0.05) is 64.0 Å². The fraction of sp³-hybridized carbons (Fsp3) is 0.700. The van der Waals surface area contributed by atoms with E-state index >= 15 is 0 Å². The Kier molecular flexibility index (Phi) is 10.3. The molecule has 1 aliphatic rings. The minimum Gasteiger partial charge on any atom is -0.481 e. The third kappa shape index (κ3) is 8.73. The number of unbranched alkanes of at least 4 members (excludes halogenated alkanes) is 8. The lowest BCUT2D eigenvalue weighted by atomic mass is 9.94. The molecule has 0 radical (unpaired) electrons. The van der Waals surface area contributed by atoms with Gasteiger partial charge < -0.3 is 5.11 Å². The monoisotopic (exact) mass is 320 g/mol. The van der Waals surface area contributed by atoms with Crippen molar-refractivity contribution in [1.82, 2.24) is 0 Å². The van der Waals surface area contributed by atoms with Crippen LogP contribution in [0, 0.1) is 5.92 Å². The van der Waals surface area contributed by atoms with E-state index in [0.717, 1.165) is 37.7 Å². The molecule has 23 heavy (non-hydrogen) atoms. The highest BCUT2D eigenvalue weighted by Crippen LogP contribution is 2.27. The van der Waals surface area contributed by atoms with Gasteiger partial charge in [0.1, 0.15) is 0 Å². The Morgan fingerprint density at radius 1 is 1.09 bits per heavy atom. The number of rotatable bonds is 13. The van der Waals surface area contributed by atoms with Crippen LogP contribution in [0.2, 0.25) is 0 Å². The number of ketones is 1. The van der Waals surface area contributed by atoms with Crippen molar-refractivity contribution in [3.05, 3.63) is 23.8 Å². The second-order valence-electron chi connectivity index (χ2n) is 6.54. The number of carbonyl (C=O) groups is 2. The average Bonchev–Trinajstić information content (AvgIpc) is 2.86. The van der Waals surface area contributed by atoms with E-state index in [2.05, 4.69) is 19.1 Å². The highest BCUT2D eigenvalue weighted by molar-refractivity contribution is 6.07. The van der Waals surface area contributed by atoms with Crippen LogP contribution in [-0.2, 0) is 9.59 Å². The maximum Gasteiger partial charge on any atom is 0.303 e. The second-order valence-corrected chi connectivity index (χ2v) is 6.54. The molecule has 3 heteroatoms. The Bertz CT molecular complexity index is 421. The smallest absolute Gasteiger partial charge is 0.303 e. The van der Waals surface area contributed by atoms with E-state index in [1.807, 2.05) is 0 Å².